The van der Waals surface area contributed by atoms with E-state index >= 15 is 0 Å². The van der Waals surface area contributed by atoms with Gasteiger partial charge in [-0.25, -0.2) is 4.79 Å². The topological polar surface area (TPSA) is 113 Å². The van der Waals surface area contributed by atoms with Crippen molar-refractivity contribution in [3.8, 4) is 16.9 Å². The van der Waals surface area contributed by atoms with E-state index < -0.39 is 17.9 Å². The molecule has 30 heavy (non-hydrogen) atoms. The van der Waals surface area contributed by atoms with Crippen molar-refractivity contribution in [3.05, 3.63) is 48.0 Å². The number of carbonyl (C=O) groups is 3. The van der Waals surface area contributed by atoms with Crippen LogP contribution in [0.15, 0.2) is 42.5 Å². The van der Waals surface area contributed by atoms with Crippen LogP contribution in [0.3, 0.4) is 0 Å². The Bertz CT molecular complexity index is 958. The Morgan fingerprint density at radius 2 is 1.83 bits per heavy atom. The van der Waals surface area contributed by atoms with Crippen molar-refractivity contribution in [2.75, 3.05) is 31.6 Å². The second-order valence-electron chi connectivity index (χ2n) is 7.04. The van der Waals surface area contributed by atoms with Crippen LogP contribution in [-0.2, 0) is 9.59 Å². The van der Waals surface area contributed by atoms with Crippen LogP contribution in [0, 0.1) is 0 Å². The Morgan fingerprint density at radius 3 is 2.43 bits per heavy atom. The number of hydrogen-bond donors (Lipinski definition) is 2. The smallest absolute Gasteiger partial charge is 0.326 e. The lowest BCUT2D eigenvalue weighted by molar-refractivity contribution is -0.142. The summed E-state index contributed by atoms with van der Waals surface area (Å²) in [7, 11) is 1.59. The van der Waals surface area contributed by atoms with Gasteiger partial charge in [0.2, 0.25) is 5.91 Å². The van der Waals surface area contributed by atoms with E-state index in [4.69, 9.17) is 10.5 Å². The van der Waals surface area contributed by atoms with Gasteiger partial charge in [-0.15, -0.1) is 0 Å². The van der Waals surface area contributed by atoms with E-state index in [2.05, 4.69) is 0 Å². The van der Waals surface area contributed by atoms with Crippen molar-refractivity contribution in [1.82, 2.24) is 4.90 Å². The molecule has 0 fully saturated rings. The largest absolute Gasteiger partial charge is 0.492 e. The summed E-state index contributed by atoms with van der Waals surface area (Å²) in [4.78, 5) is 40.0. The number of aliphatic carboxylic acids is 1. The van der Waals surface area contributed by atoms with Crippen LogP contribution in [0.5, 0.6) is 5.75 Å². The standard InChI is InChI=1S/C22H25N3O5/c1-3-18(22(28)29)25-13-20(26)24(2)19-9-6-15(12-17(19)21(25)27)14-4-7-16(8-5-14)30-11-10-23/h4-9,12,18H,3,10-11,13,23H2,1-2H3,(H,28,29). The number of carboxylic acid groups (broad SMARTS) is 1. The van der Waals surface area contributed by atoms with E-state index in [-0.39, 0.29) is 18.9 Å². The molecule has 0 bridgehead atoms. The predicted molar refractivity (Wildman–Crippen MR) is 113 cm³/mol. The molecule has 0 aliphatic carbocycles. The molecule has 3 rings (SSSR count). The molecule has 1 aliphatic heterocycles. The van der Waals surface area contributed by atoms with Gasteiger partial charge in [0.15, 0.2) is 0 Å². The molecule has 1 heterocycles. The highest BCUT2D eigenvalue weighted by atomic mass is 16.5. The molecule has 158 valence electrons. The van der Waals surface area contributed by atoms with Gasteiger partial charge in [-0.2, -0.15) is 0 Å². The molecule has 0 radical (unpaired) electrons. The summed E-state index contributed by atoms with van der Waals surface area (Å²) in [5.41, 5.74) is 7.84. The van der Waals surface area contributed by atoms with Gasteiger partial charge in [0.25, 0.3) is 5.91 Å². The van der Waals surface area contributed by atoms with Gasteiger partial charge < -0.3 is 25.4 Å². The Morgan fingerprint density at radius 1 is 1.17 bits per heavy atom. The van der Waals surface area contributed by atoms with Gasteiger partial charge in [-0.1, -0.05) is 25.1 Å². The fraction of sp³-hybridized carbons (Fsp3) is 0.318. The number of rotatable bonds is 7. The van der Waals surface area contributed by atoms with Crippen molar-refractivity contribution in [3.63, 3.8) is 0 Å². The van der Waals surface area contributed by atoms with E-state index in [0.29, 0.717) is 30.2 Å². The molecule has 0 aromatic heterocycles. The second kappa shape index (κ2) is 8.96. The number of hydrogen-bond acceptors (Lipinski definition) is 5. The first kappa shape index (κ1) is 21.3. The van der Waals surface area contributed by atoms with E-state index in [1.807, 2.05) is 30.3 Å². The lowest BCUT2D eigenvalue weighted by Gasteiger charge is -2.26. The van der Waals surface area contributed by atoms with Crippen molar-refractivity contribution in [2.24, 2.45) is 5.73 Å². The number of anilines is 1. The van der Waals surface area contributed by atoms with Crippen LogP contribution in [0.2, 0.25) is 0 Å². The van der Waals surface area contributed by atoms with Gasteiger partial charge in [0.1, 0.15) is 24.9 Å². The third-order valence-electron chi connectivity index (χ3n) is 5.15. The summed E-state index contributed by atoms with van der Waals surface area (Å²) in [5.74, 6) is -1.24. The third kappa shape index (κ3) is 4.13. The minimum absolute atomic E-state index is 0.206. The first-order chi connectivity index (χ1) is 14.4. The summed E-state index contributed by atoms with van der Waals surface area (Å²) < 4.78 is 5.49. The molecule has 0 saturated heterocycles. The Balaban J connectivity index is 2.01. The summed E-state index contributed by atoms with van der Waals surface area (Å²) in [6.07, 6.45) is 0.206. The normalized spacial score (nSPS) is 14.9. The highest BCUT2D eigenvalue weighted by Crippen LogP contribution is 2.31. The summed E-state index contributed by atoms with van der Waals surface area (Å²) in [5, 5.41) is 9.52. The number of ether oxygens (including phenoxy) is 1. The monoisotopic (exact) mass is 411 g/mol. The van der Waals surface area contributed by atoms with Gasteiger partial charge in [-0.3, -0.25) is 9.59 Å². The predicted octanol–water partition coefficient (Wildman–Crippen LogP) is 1.97. The number of benzene rings is 2. The number of likely N-dealkylation sites (N-methyl/N-ethyl adjacent to an activating group) is 1. The molecular weight excluding hydrogens is 386 g/mol. The van der Waals surface area contributed by atoms with E-state index in [0.717, 1.165) is 16.0 Å². The molecular formula is C22H25N3O5. The zero-order valence-electron chi connectivity index (χ0n) is 17.0. The highest BCUT2D eigenvalue weighted by Gasteiger charge is 2.36. The van der Waals surface area contributed by atoms with Crippen LogP contribution in [0.25, 0.3) is 11.1 Å². The molecule has 8 nitrogen and oxygen atoms in total. The van der Waals surface area contributed by atoms with Crippen LogP contribution < -0.4 is 15.4 Å². The van der Waals surface area contributed by atoms with E-state index in [1.165, 1.54) is 4.90 Å². The molecule has 2 amide bonds. The molecule has 3 N–H and O–H groups in total. The molecule has 2 aromatic rings. The van der Waals surface area contributed by atoms with Crippen molar-refractivity contribution < 1.29 is 24.2 Å². The fourth-order valence-electron chi connectivity index (χ4n) is 3.49. The number of nitrogens with two attached hydrogens (primary N) is 1. The van der Waals surface area contributed by atoms with Gasteiger partial charge in [0.05, 0.1) is 11.3 Å². The van der Waals surface area contributed by atoms with Crippen LogP contribution in [-0.4, -0.2) is 60.6 Å². The molecule has 1 atom stereocenters. The van der Waals surface area contributed by atoms with Crippen LogP contribution in [0.1, 0.15) is 23.7 Å². The summed E-state index contributed by atoms with van der Waals surface area (Å²) in [6, 6.07) is 11.5. The highest BCUT2D eigenvalue weighted by molar-refractivity contribution is 6.11. The molecule has 0 saturated carbocycles. The fourth-order valence-corrected chi connectivity index (χ4v) is 3.49. The average Bonchev–Trinajstić information content (AvgIpc) is 2.84. The van der Waals surface area contributed by atoms with E-state index in [1.54, 1.807) is 26.1 Å². The molecule has 1 unspecified atom stereocenters. The lowest BCUT2D eigenvalue weighted by Crippen LogP contribution is -2.47. The number of carboxylic acids is 1. The number of carbonyl (C=O) groups excluding carboxylic acids is 2. The number of amides is 2. The van der Waals surface area contributed by atoms with E-state index in [9.17, 15) is 19.5 Å². The second-order valence-corrected chi connectivity index (χ2v) is 7.04. The summed E-state index contributed by atoms with van der Waals surface area (Å²) in [6.45, 7) is 2.24. The van der Waals surface area contributed by atoms with Crippen molar-refractivity contribution >= 4 is 23.5 Å². The Kier molecular flexibility index (Phi) is 6.37. The van der Waals surface area contributed by atoms with Crippen molar-refractivity contribution in [2.45, 2.75) is 19.4 Å². The van der Waals surface area contributed by atoms with Crippen molar-refractivity contribution in [1.29, 1.82) is 0 Å². The average molecular weight is 411 g/mol. The minimum atomic E-state index is -1.13. The first-order valence-electron chi connectivity index (χ1n) is 9.75. The quantitative estimate of drug-likeness (QED) is 0.720. The number of fused-ring (bicyclic) bond motifs is 1. The molecule has 1 aliphatic rings. The maximum absolute atomic E-state index is 13.2. The number of nitrogens with zero attached hydrogens (tertiary/aromatic N) is 2. The molecule has 2 aromatic carbocycles. The van der Waals surface area contributed by atoms with Crippen LogP contribution in [0.4, 0.5) is 5.69 Å². The maximum atomic E-state index is 13.2. The Hall–Kier alpha value is -3.39. The minimum Gasteiger partial charge on any atom is -0.492 e. The summed E-state index contributed by atoms with van der Waals surface area (Å²) >= 11 is 0. The zero-order chi connectivity index (χ0) is 21.8. The van der Waals surface area contributed by atoms with Gasteiger partial charge in [-0.05, 0) is 41.8 Å². The lowest BCUT2D eigenvalue weighted by atomic mass is 10.0. The van der Waals surface area contributed by atoms with Crippen LogP contribution >= 0.6 is 0 Å². The zero-order valence-corrected chi connectivity index (χ0v) is 17.0. The van der Waals surface area contributed by atoms with Gasteiger partial charge >= 0.3 is 5.97 Å². The first-order valence-corrected chi connectivity index (χ1v) is 9.75. The maximum Gasteiger partial charge on any atom is 0.326 e. The molecule has 0 spiro atoms. The molecule has 8 heteroatoms. The SMILES string of the molecule is CCC(C(=O)O)N1CC(=O)N(C)c2ccc(-c3ccc(OCCN)cc3)cc2C1=O. The third-order valence-corrected chi connectivity index (χ3v) is 5.15. The Labute approximate surface area is 174 Å². The van der Waals surface area contributed by atoms with Gasteiger partial charge in [0, 0.05) is 13.6 Å².